The molecule has 1 aromatic rings. The molecule has 0 saturated carbocycles. The second-order valence-electron chi connectivity index (χ2n) is 3.30. The van der Waals surface area contributed by atoms with Crippen LogP contribution in [0.2, 0.25) is 10.0 Å². The highest BCUT2D eigenvalue weighted by molar-refractivity contribution is 6.42. The van der Waals surface area contributed by atoms with E-state index in [1.54, 1.807) is 23.1 Å². The largest absolute Gasteiger partial charge is 0.338 e. The predicted octanol–water partition coefficient (Wildman–Crippen LogP) is 2.41. The summed E-state index contributed by atoms with van der Waals surface area (Å²) in [6, 6.07) is 4.86. The average molecular weight is 261 g/mol. The van der Waals surface area contributed by atoms with Gasteiger partial charge in [0.15, 0.2) is 0 Å². The minimum absolute atomic E-state index is 0.0773. The Bertz CT molecular complexity index is 382. The van der Waals surface area contributed by atoms with E-state index >= 15 is 0 Å². The van der Waals surface area contributed by atoms with Gasteiger partial charge in [-0.25, -0.2) is 0 Å². The molecule has 0 unspecified atom stereocenters. The fourth-order valence-electron chi connectivity index (χ4n) is 1.37. The van der Waals surface area contributed by atoms with Crippen molar-refractivity contribution < 1.29 is 4.79 Å². The third-order valence-electron chi connectivity index (χ3n) is 2.23. The monoisotopic (exact) mass is 260 g/mol. The fraction of sp³-hybridized carbons (Fsp3) is 0.364. The van der Waals surface area contributed by atoms with Gasteiger partial charge >= 0.3 is 0 Å². The lowest BCUT2D eigenvalue weighted by atomic mass is 10.2. The van der Waals surface area contributed by atoms with Crippen molar-refractivity contribution in [1.82, 2.24) is 4.90 Å². The number of halogens is 2. The number of carbonyl (C=O) groups excluding carboxylic acids is 1. The molecule has 0 aliphatic carbocycles. The predicted molar refractivity (Wildman–Crippen MR) is 67.1 cm³/mol. The molecule has 0 saturated heterocycles. The maximum absolute atomic E-state index is 12.0. The van der Waals surface area contributed by atoms with Gasteiger partial charge in [0, 0.05) is 25.2 Å². The Morgan fingerprint density at radius 1 is 1.38 bits per heavy atom. The molecule has 16 heavy (non-hydrogen) atoms. The van der Waals surface area contributed by atoms with Crippen LogP contribution in [0.5, 0.6) is 0 Å². The molecule has 1 aromatic carbocycles. The smallest absolute Gasteiger partial charge is 0.253 e. The zero-order chi connectivity index (χ0) is 12.1. The number of carbonyl (C=O) groups is 1. The van der Waals surface area contributed by atoms with Gasteiger partial charge in [0.25, 0.3) is 5.91 Å². The van der Waals surface area contributed by atoms with Crippen molar-refractivity contribution in [2.45, 2.75) is 6.92 Å². The van der Waals surface area contributed by atoms with Crippen LogP contribution < -0.4 is 5.73 Å². The van der Waals surface area contributed by atoms with E-state index in [0.29, 0.717) is 35.2 Å². The van der Waals surface area contributed by atoms with Crippen LogP contribution in [-0.2, 0) is 0 Å². The van der Waals surface area contributed by atoms with Crippen molar-refractivity contribution in [2.75, 3.05) is 19.6 Å². The molecule has 0 aliphatic heterocycles. The Morgan fingerprint density at radius 2 is 2.06 bits per heavy atom. The van der Waals surface area contributed by atoms with Gasteiger partial charge in [0.05, 0.1) is 10.0 Å². The van der Waals surface area contributed by atoms with Crippen LogP contribution in [0.4, 0.5) is 0 Å². The number of amides is 1. The highest BCUT2D eigenvalue weighted by Crippen LogP contribution is 2.23. The molecule has 0 spiro atoms. The topological polar surface area (TPSA) is 46.3 Å². The van der Waals surface area contributed by atoms with Crippen molar-refractivity contribution in [3.05, 3.63) is 33.8 Å². The van der Waals surface area contributed by atoms with Gasteiger partial charge in [0.2, 0.25) is 0 Å². The fourth-order valence-corrected chi connectivity index (χ4v) is 1.67. The van der Waals surface area contributed by atoms with Gasteiger partial charge < -0.3 is 10.6 Å². The summed E-state index contributed by atoms with van der Waals surface area (Å²) in [5.74, 6) is -0.0773. The average Bonchev–Trinajstić information content (AvgIpc) is 2.28. The Kier molecular flexibility index (Phi) is 5.06. The molecule has 3 nitrogen and oxygen atoms in total. The van der Waals surface area contributed by atoms with Crippen LogP contribution in [0.3, 0.4) is 0 Å². The van der Waals surface area contributed by atoms with Crippen LogP contribution >= 0.6 is 23.2 Å². The summed E-state index contributed by atoms with van der Waals surface area (Å²) in [6.07, 6.45) is 0. The van der Waals surface area contributed by atoms with E-state index in [1.165, 1.54) is 0 Å². The first-order chi connectivity index (χ1) is 7.60. The van der Waals surface area contributed by atoms with E-state index in [1.807, 2.05) is 6.92 Å². The molecular formula is C11H14Cl2N2O. The summed E-state index contributed by atoms with van der Waals surface area (Å²) in [6.45, 7) is 3.51. The van der Waals surface area contributed by atoms with Crippen LogP contribution in [0.1, 0.15) is 17.3 Å². The molecule has 1 rings (SSSR count). The molecule has 0 aromatic heterocycles. The Hall–Kier alpha value is -0.770. The maximum atomic E-state index is 12.0. The number of likely N-dealkylation sites (N-methyl/N-ethyl adjacent to an activating group) is 1. The molecular weight excluding hydrogens is 247 g/mol. The van der Waals surface area contributed by atoms with Crippen LogP contribution in [0, 0.1) is 0 Å². The van der Waals surface area contributed by atoms with Crippen molar-refractivity contribution in [1.29, 1.82) is 0 Å². The van der Waals surface area contributed by atoms with E-state index < -0.39 is 0 Å². The normalized spacial score (nSPS) is 10.2. The molecule has 0 heterocycles. The lowest BCUT2D eigenvalue weighted by molar-refractivity contribution is 0.0769. The minimum atomic E-state index is -0.0773. The third-order valence-corrected chi connectivity index (χ3v) is 2.97. The van der Waals surface area contributed by atoms with Gasteiger partial charge in [-0.15, -0.1) is 0 Å². The zero-order valence-corrected chi connectivity index (χ0v) is 10.6. The number of nitrogens with two attached hydrogens (primary N) is 1. The van der Waals surface area contributed by atoms with Crippen LogP contribution in [0.25, 0.3) is 0 Å². The van der Waals surface area contributed by atoms with E-state index in [0.717, 1.165) is 0 Å². The van der Waals surface area contributed by atoms with Crippen molar-refractivity contribution in [2.24, 2.45) is 5.73 Å². The number of rotatable bonds is 4. The van der Waals surface area contributed by atoms with Crippen LogP contribution in [0.15, 0.2) is 18.2 Å². The molecule has 0 radical (unpaired) electrons. The number of benzene rings is 1. The second-order valence-corrected chi connectivity index (χ2v) is 4.12. The van der Waals surface area contributed by atoms with Gasteiger partial charge in [-0.3, -0.25) is 4.79 Å². The number of hydrogen-bond acceptors (Lipinski definition) is 2. The summed E-state index contributed by atoms with van der Waals surface area (Å²) in [4.78, 5) is 13.7. The molecule has 0 atom stereocenters. The molecule has 2 N–H and O–H groups in total. The maximum Gasteiger partial charge on any atom is 0.253 e. The van der Waals surface area contributed by atoms with Crippen LogP contribution in [-0.4, -0.2) is 30.4 Å². The highest BCUT2D eigenvalue weighted by atomic mass is 35.5. The quantitative estimate of drug-likeness (QED) is 0.904. The molecule has 5 heteroatoms. The SMILES string of the molecule is CCN(CCN)C(=O)c1ccc(Cl)c(Cl)c1. The van der Waals surface area contributed by atoms with E-state index in [2.05, 4.69) is 0 Å². The molecule has 0 aliphatic rings. The lowest BCUT2D eigenvalue weighted by Gasteiger charge is -2.20. The Morgan fingerprint density at radius 3 is 2.56 bits per heavy atom. The zero-order valence-electron chi connectivity index (χ0n) is 9.04. The Labute approximate surface area is 105 Å². The van der Waals surface area contributed by atoms with E-state index in [9.17, 15) is 4.79 Å². The third kappa shape index (κ3) is 3.11. The summed E-state index contributed by atoms with van der Waals surface area (Å²) < 4.78 is 0. The summed E-state index contributed by atoms with van der Waals surface area (Å²) in [7, 11) is 0. The first-order valence-corrected chi connectivity index (χ1v) is 5.80. The van der Waals surface area contributed by atoms with Crippen molar-refractivity contribution >= 4 is 29.1 Å². The molecule has 0 fully saturated rings. The lowest BCUT2D eigenvalue weighted by Crippen LogP contribution is -2.35. The molecule has 1 amide bonds. The molecule has 88 valence electrons. The first-order valence-electron chi connectivity index (χ1n) is 5.04. The summed E-state index contributed by atoms with van der Waals surface area (Å²) in [5.41, 5.74) is 5.97. The van der Waals surface area contributed by atoms with E-state index in [-0.39, 0.29) is 5.91 Å². The minimum Gasteiger partial charge on any atom is -0.338 e. The number of nitrogens with zero attached hydrogens (tertiary/aromatic N) is 1. The highest BCUT2D eigenvalue weighted by Gasteiger charge is 2.14. The van der Waals surface area contributed by atoms with Gasteiger partial charge in [-0.1, -0.05) is 23.2 Å². The van der Waals surface area contributed by atoms with Gasteiger partial charge in [-0.2, -0.15) is 0 Å². The second kappa shape index (κ2) is 6.09. The van der Waals surface area contributed by atoms with Gasteiger partial charge in [-0.05, 0) is 25.1 Å². The summed E-state index contributed by atoms with van der Waals surface area (Å²) in [5, 5.41) is 0.830. The van der Waals surface area contributed by atoms with Crippen molar-refractivity contribution in [3.63, 3.8) is 0 Å². The number of hydrogen-bond donors (Lipinski definition) is 1. The Balaban J connectivity index is 2.90. The van der Waals surface area contributed by atoms with E-state index in [4.69, 9.17) is 28.9 Å². The van der Waals surface area contributed by atoms with Gasteiger partial charge in [0.1, 0.15) is 0 Å². The standard InChI is InChI=1S/C11H14Cl2N2O/c1-2-15(6-5-14)11(16)8-3-4-9(12)10(13)7-8/h3-4,7H,2,5-6,14H2,1H3. The first kappa shape index (κ1) is 13.3. The van der Waals surface area contributed by atoms with Crippen molar-refractivity contribution in [3.8, 4) is 0 Å². The summed E-state index contributed by atoms with van der Waals surface area (Å²) >= 11 is 11.6. The molecule has 0 bridgehead atoms.